The fourth-order valence-corrected chi connectivity index (χ4v) is 3.84. The summed E-state index contributed by atoms with van der Waals surface area (Å²) in [6.07, 6.45) is 1.70. The van der Waals surface area contributed by atoms with E-state index >= 15 is 0 Å². The molecule has 2 heterocycles. The highest BCUT2D eigenvalue weighted by atomic mass is 32.1. The van der Waals surface area contributed by atoms with E-state index in [0.717, 1.165) is 10.4 Å². The van der Waals surface area contributed by atoms with Crippen LogP contribution in [0, 0.1) is 5.92 Å². The molecule has 0 bridgehead atoms. The fraction of sp³-hybridized carbons (Fsp3) is 0.391. The fourth-order valence-electron chi connectivity index (χ4n) is 3.19. The lowest BCUT2D eigenvalue weighted by Crippen LogP contribution is -2.33. The minimum Gasteiger partial charge on any atom is -0.490 e. The zero-order chi connectivity index (χ0) is 21.5. The van der Waals surface area contributed by atoms with Crippen molar-refractivity contribution in [1.82, 2.24) is 10.3 Å². The lowest BCUT2D eigenvalue weighted by atomic mass is 9.95. The Labute approximate surface area is 181 Å². The SMILES string of the molecule is CCOc1ccc(C(NC(=O)Cc2coc(-c3cccs3)n2)C(C)C)cc1OCC. The molecule has 1 unspecified atom stereocenters. The molecule has 0 spiro atoms. The standard InChI is InChI=1S/C23H28N2O4S/c1-5-27-18-10-9-16(12-19(18)28-6-2)22(15(3)4)25-21(26)13-17-14-29-23(24-17)20-8-7-11-30-20/h7-12,14-15,22H,5-6,13H2,1-4H3,(H,25,26). The second kappa shape index (κ2) is 10.3. The number of aromatic nitrogens is 1. The van der Waals surface area contributed by atoms with Gasteiger partial charge in [-0.1, -0.05) is 26.0 Å². The normalized spacial score (nSPS) is 12.0. The number of benzene rings is 1. The molecule has 0 radical (unpaired) electrons. The minimum atomic E-state index is -0.156. The predicted molar refractivity (Wildman–Crippen MR) is 118 cm³/mol. The number of carbonyl (C=O) groups is 1. The molecule has 160 valence electrons. The third-order valence-corrected chi connectivity index (χ3v) is 5.39. The lowest BCUT2D eigenvalue weighted by Gasteiger charge is -2.24. The molecule has 0 aliphatic rings. The topological polar surface area (TPSA) is 73.6 Å². The van der Waals surface area contributed by atoms with Gasteiger partial charge in [0, 0.05) is 0 Å². The molecule has 30 heavy (non-hydrogen) atoms. The van der Waals surface area contributed by atoms with Crippen molar-refractivity contribution < 1.29 is 18.7 Å². The highest BCUT2D eigenvalue weighted by Gasteiger charge is 2.21. The third kappa shape index (κ3) is 5.42. The van der Waals surface area contributed by atoms with Crippen molar-refractivity contribution in [2.24, 2.45) is 5.92 Å². The molecule has 6 nitrogen and oxygen atoms in total. The van der Waals surface area contributed by atoms with Crippen molar-refractivity contribution in [2.45, 2.75) is 40.2 Å². The van der Waals surface area contributed by atoms with Crippen molar-refractivity contribution >= 4 is 17.2 Å². The largest absolute Gasteiger partial charge is 0.490 e. The van der Waals surface area contributed by atoms with Crippen LogP contribution in [-0.2, 0) is 11.2 Å². The molecule has 3 rings (SSSR count). The van der Waals surface area contributed by atoms with E-state index in [1.165, 1.54) is 0 Å². The first-order valence-electron chi connectivity index (χ1n) is 10.2. The molecule has 0 saturated carbocycles. The van der Waals surface area contributed by atoms with Crippen molar-refractivity contribution in [2.75, 3.05) is 13.2 Å². The Hall–Kier alpha value is -2.80. The molecular weight excluding hydrogens is 400 g/mol. The zero-order valence-corrected chi connectivity index (χ0v) is 18.6. The van der Waals surface area contributed by atoms with Crippen LogP contribution in [0.2, 0.25) is 0 Å². The molecule has 2 aromatic heterocycles. The number of hydrogen-bond acceptors (Lipinski definition) is 6. The monoisotopic (exact) mass is 428 g/mol. The van der Waals surface area contributed by atoms with Gasteiger partial charge >= 0.3 is 0 Å². The lowest BCUT2D eigenvalue weighted by molar-refractivity contribution is -0.121. The number of amides is 1. The Morgan fingerprint density at radius 3 is 2.60 bits per heavy atom. The van der Waals surface area contributed by atoms with Gasteiger partial charge in [0.2, 0.25) is 11.8 Å². The highest BCUT2D eigenvalue weighted by molar-refractivity contribution is 7.13. The molecule has 1 aromatic carbocycles. The van der Waals surface area contributed by atoms with Crippen LogP contribution >= 0.6 is 11.3 Å². The van der Waals surface area contributed by atoms with E-state index in [4.69, 9.17) is 13.9 Å². The van der Waals surface area contributed by atoms with Gasteiger partial charge in [-0.05, 0) is 48.9 Å². The van der Waals surface area contributed by atoms with Crippen LogP contribution in [-0.4, -0.2) is 24.1 Å². The number of thiophene rings is 1. The molecule has 7 heteroatoms. The second-order valence-corrected chi connectivity index (χ2v) is 8.11. The summed E-state index contributed by atoms with van der Waals surface area (Å²) in [5, 5.41) is 5.10. The summed E-state index contributed by atoms with van der Waals surface area (Å²) in [4.78, 5) is 18.1. The number of carbonyl (C=O) groups excluding carboxylic acids is 1. The number of nitrogens with one attached hydrogen (secondary N) is 1. The summed E-state index contributed by atoms with van der Waals surface area (Å²) in [5.41, 5.74) is 1.59. The van der Waals surface area contributed by atoms with Gasteiger partial charge in [0.1, 0.15) is 6.26 Å². The van der Waals surface area contributed by atoms with Gasteiger partial charge in [-0.15, -0.1) is 11.3 Å². The first-order valence-corrected chi connectivity index (χ1v) is 11.1. The first kappa shape index (κ1) is 21.9. The molecule has 0 fully saturated rings. The number of ether oxygens (including phenoxy) is 2. The molecule has 1 N–H and O–H groups in total. The van der Waals surface area contributed by atoms with Crippen molar-refractivity contribution in [3.8, 4) is 22.3 Å². The average Bonchev–Trinajstić information content (AvgIpc) is 3.39. The predicted octanol–water partition coefficient (Wildman–Crippen LogP) is 5.26. The molecule has 1 amide bonds. The van der Waals surface area contributed by atoms with E-state index in [-0.39, 0.29) is 24.3 Å². The van der Waals surface area contributed by atoms with Gasteiger partial charge in [-0.3, -0.25) is 4.79 Å². The van der Waals surface area contributed by atoms with Gasteiger partial charge in [-0.25, -0.2) is 4.98 Å². The number of hydrogen-bond donors (Lipinski definition) is 1. The van der Waals surface area contributed by atoms with E-state index < -0.39 is 0 Å². The quantitative estimate of drug-likeness (QED) is 0.477. The van der Waals surface area contributed by atoms with Crippen LogP contribution in [0.15, 0.2) is 46.4 Å². The van der Waals surface area contributed by atoms with Gasteiger partial charge in [0.25, 0.3) is 0 Å². The Kier molecular flexibility index (Phi) is 7.52. The maximum Gasteiger partial charge on any atom is 0.236 e. The smallest absolute Gasteiger partial charge is 0.236 e. The Morgan fingerprint density at radius 2 is 1.93 bits per heavy atom. The van der Waals surface area contributed by atoms with Crippen LogP contribution in [0.4, 0.5) is 0 Å². The van der Waals surface area contributed by atoms with E-state index in [0.29, 0.717) is 36.3 Å². The van der Waals surface area contributed by atoms with Gasteiger partial charge < -0.3 is 19.2 Å². The Morgan fingerprint density at radius 1 is 1.17 bits per heavy atom. The number of oxazole rings is 1. The Balaban J connectivity index is 1.72. The van der Waals surface area contributed by atoms with Gasteiger partial charge in [0.05, 0.1) is 36.2 Å². The van der Waals surface area contributed by atoms with E-state index in [9.17, 15) is 4.79 Å². The summed E-state index contributed by atoms with van der Waals surface area (Å²) in [7, 11) is 0. The third-order valence-electron chi connectivity index (χ3n) is 4.54. The molecule has 0 saturated heterocycles. The summed E-state index contributed by atoms with van der Waals surface area (Å²) < 4.78 is 16.9. The van der Waals surface area contributed by atoms with Crippen LogP contribution in [0.3, 0.4) is 0 Å². The van der Waals surface area contributed by atoms with Crippen LogP contribution < -0.4 is 14.8 Å². The minimum absolute atomic E-state index is 0.105. The maximum atomic E-state index is 12.7. The maximum absolute atomic E-state index is 12.7. The summed E-state index contributed by atoms with van der Waals surface area (Å²) in [6, 6.07) is 9.55. The van der Waals surface area contributed by atoms with Gasteiger partial charge in [0.15, 0.2) is 11.5 Å². The summed E-state index contributed by atoms with van der Waals surface area (Å²) in [6.45, 7) is 9.14. The van der Waals surface area contributed by atoms with Crippen LogP contribution in [0.1, 0.15) is 45.0 Å². The highest BCUT2D eigenvalue weighted by Crippen LogP contribution is 2.33. The Bertz CT molecular complexity index is 950. The molecule has 0 aliphatic heterocycles. The molecule has 0 aliphatic carbocycles. The van der Waals surface area contributed by atoms with E-state index in [2.05, 4.69) is 24.1 Å². The number of rotatable bonds is 10. The van der Waals surface area contributed by atoms with Crippen LogP contribution in [0.5, 0.6) is 11.5 Å². The van der Waals surface area contributed by atoms with E-state index in [1.54, 1.807) is 17.6 Å². The average molecular weight is 429 g/mol. The van der Waals surface area contributed by atoms with E-state index in [1.807, 2.05) is 49.6 Å². The summed E-state index contributed by atoms with van der Waals surface area (Å²) in [5.74, 6) is 2.03. The second-order valence-electron chi connectivity index (χ2n) is 7.16. The van der Waals surface area contributed by atoms with Crippen molar-refractivity contribution in [3.05, 3.63) is 53.2 Å². The molecule has 3 aromatic rings. The molecule has 1 atom stereocenters. The van der Waals surface area contributed by atoms with Crippen molar-refractivity contribution in [1.29, 1.82) is 0 Å². The molecular formula is C23H28N2O4S. The summed E-state index contributed by atoms with van der Waals surface area (Å²) >= 11 is 1.55. The number of nitrogens with zero attached hydrogens (tertiary/aromatic N) is 1. The zero-order valence-electron chi connectivity index (χ0n) is 17.8. The first-order chi connectivity index (χ1) is 14.5. The van der Waals surface area contributed by atoms with Crippen molar-refractivity contribution in [3.63, 3.8) is 0 Å². The van der Waals surface area contributed by atoms with Gasteiger partial charge in [-0.2, -0.15) is 0 Å². The van der Waals surface area contributed by atoms with Crippen LogP contribution in [0.25, 0.3) is 10.8 Å².